The topological polar surface area (TPSA) is 57.5 Å². The van der Waals surface area contributed by atoms with Gasteiger partial charge in [0.05, 0.1) is 5.60 Å². The van der Waals surface area contributed by atoms with Gasteiger partial charge in [-0.1, -0.05) is 0 Å². The van der Waals surface area contributed by atoms with Gasteiger partial charge in [-0.3, -0.25) is 0 Å². The van der Waals surface area contributed by atoms with Crippen molar-refractivity contribution in [2.45, 2.75) is 30.8 Å². The van der Waals surface area contributed by atoms with Crippen molar-refractivity contribution >= 4 is 29.1 Å². The van der Waals surface area contributed by atoms with E-state index in [4.69, 9.17) is 5.11 Å². The normalized spacial score (nSPS) is 11.7. The van der Waals surface area contributed by atoms with Crippen molar-refractivity contribution in [2.75, 3.05) is 5.75 Å². The minimum absolute atomic E-state index is 0.362. The minimum Gasteiger partial charge on any atom is -0.477 e. The molecule has 1 aromatic heterocycles. The summed E-state index contributed by atoms with van der Waals surface area (Å²) >= 11 is 2.81. The number of hydrogen-bond acceptors (Lipinski definition) is 4. The molecule has 1 aromatic rings. The summed E-state index contributed by atoms with van der Waals surface area (Å²) in [5, 5.41) is 20.0. The number of hydrogen-bond donors (Lipinski definition) is 2. The molecule has 0 atom stereocenters. The molecular formula is C10H14O3S2. The van der Waals surface area contributed by atoms with Gasteiger partial charge in [0.25, 0.3) is 0 Å². The highest BCUT2D eigenvalue weighted by Crippen LogP contribution is 2.26. The molecule has 0 saturated heterocycles. The molecule has 15 heavy (non-hydrogen) atoms. The van der Waals surface area contributed by atoms with Gasteiger partial charge in [-0.15, -0.1) is 23.1 Å². The zero-order chi connectivity index (χ0) is 11.5. The first-order valence-corrected chi connectivity index (χ1v) is 6.42. The van der Waals surface area contributed by atoms with Crippen LogP contribution in [0.1, 0.15) is 29.9 Å². The third kappa shape index (κ3) is 4.68. The largest absolute Gasteiger partial charge is 0.477 e. The predicted octanol–water partition coefficient (Wildman–Crippen LogP) is 2.70. The summed E-state index contributed by atoms with van der Waals surface area (Å²) in [7, 11) is 0. The van der Waals surface area contributed by atoms with Crippen LogP contribution in [0.4, 0.5) is 0 Å². The zero-order valence-electron chi connectivity index (χ0n) is 8.69. The third-order valence-electron chi connectivity index (χ3n) is 1.77. The number of carboxylic acid groups (broad SMARTS) is 1. The molecule has 0 radical (unpaired) electrons. The molecule has 0 bridgehead atoms. The highest BCUT2D eigenvalue weighted by atomic mass is 32.2. The summed E-state index contributed by atoms with van der Waals surface area (Å²) in [6.07, 6.45) is 0.690. The molecule has 0 fully saturated rings. The fourth-order valence-electron chi connectivity index (χ4n) is 0.925. The molecule has 0 aliphatic carbocycles. The zero-order valence-corrected chi connectivity index (χ0v) is 10.3. The Hall–Kier alpha value is -0.520. The van der Waals surface area contributed by atoms with E-state index < -0.39 is 11.6 Å². The molecule has 5 heteroatoms. The Morgan fingerprint density at radius 1 is 1.60 bits per heavy atom. The Morgan fingerprint density at radius 3 is 2.73 bits per heavy atom. The monoisotopic (exact) mass is 246 g/mol. The van der Waals surface area contributed by atoms with E-state index in [0.717, 1.165) is 10.6 Å². The van der Waals surface area contributed by atoms with Gasteiger partial charge < -0.3 is 10.2 Å². The van der Waals surface area contributed by atoms with Crippen molar-refractivity contribution in [3.05, 3.63) is 16.3 Å². The Labute approximate surface area is 97.1 Å². The lowest BCUT2D eigenvalue weighted by molar-refractivity contribution is 0.0701. The number of carbonyl (C=O) groups is 1. The van der Waals surface area contributed by atoms with Crippen LogP contribution in [0.5, 0.6) is 0 Å². The Balaban J connectivity index is 2.41. The molecule has 0 aliphatic rings. The highest BCUT2D eigenvalue weighted by molar-refractivity contribution is 7.99. The maximum Gasteiger partial charge on any atom is 0.345 e. The number of aromatic carboxylic acids is 1. The number of thiophene rings is 1. The molecule has 0 aromatic carbocycles. The van der Waals surface area contributed by atoms with Gasteiger partial charge in [0.2, 0.25) is 0 Å². The van der Waals surface area contributed by atoms with Gasteiger partial charge in [0.15, 0.2) is 0 Å². The molecule has 3 nitrogen and oxygen atoms in total. The summed E-state index contributed by atoms with van der Waals surface area (Å²) < 4.78 is 0. The van der Waals surface area contributed by atoms with Gasteiger partial charge in [-0.2, -0.15) is 0 Å². The summed E-state index contributed by atoms with van der Waals surface area (Å²) in [6, 6.07) is 1.67. The fourth-order valence-corrected chi connectivity index (χ4v) is 3.06. The quantitative estimate of drug-likeness (QED) is 0.784. The van der Waals surface area contributed by atoms with Gasteiger partial charge in [0.1, 0.15) is 4.88 Å². The molecule has 0 spiro atoms. The van der Waals surface area contributed by atoms with Gasteiger partial charge >= 0.3 is 5.97 Å². The van der Waals surface area contributed by atoms with E-state index in [-0.39, 0.29) is 0 Å². The molecule has 1 heterocycles. The van der Waals surface area contributed by atoms with Crippen molar-refractivity contribution in [1.29, 1.82) is 0 Å². The third-order valence-corrected chi connectivity index (χ3v) is 3.81. The van der Waals surface area contributed by atoms with Crippen LogP contribution in [-0.2, 0) is 0 Å². The number of aliphatic hydroxyl groups is 1. The summed E-state index contributed by atoms with van der Waals surface area (Å²) in [6.45, 7) is 3.54. The molecule has 2 N–H and O–H groups in total. The average Bonchev–Trinajstić information content (AvgIpc) is 2.50. The number of carboxylic acids is 1. The van der Waals surface area contributed by atoms with Gasteiger partial charge in [-0.05, 0) is 26.3 Å². The minimum atomic E-state index is -0.880. The van der Waals surface area contributed by atoms with E-state index in [1.165, 1.54) is 11.3 Å². The van der Waals surface area contributed by atoms with Crippen LogP contribution >= 0.6 is 23.1 Å². The maximum atomic E-state index is 10.6. The van der Waals surface area contributed by atoms with Crippen LogP contribution in [0.25, 0.3) is 0 Å². The van der Waals surface area contributed by atoms with Crippen LogP contribution in [0.15, 0.2) is 16.3 Å². The lowest BCUT2D eigenvalue weighted by Crippen LogP contribution is -2.18. The average molecular weight is 246 g/mol. The fraction of sp³-hybridized carbons (Fsp3) is 0.500. The van der Waals surface area contributed by atoms with Crippen molar-refractivity contribution < 1.29 is 15.0 Å². The summed E-state index contributed by atoms with van der Waals surface area (Å²) in [5.74, 6) is -0.0893. The van der Waals surface area contributed by atoms with E-state index in [1.54, 1.807) is 31.7 Å². The van der Waals surface area contributed by atoms with Gasteiger partial charge in [-0.25, -0.2) is 4.79 Å². The lowest BCUT2D eigenvalue weighted by atomic mass is 10.1. The van der Waals surface area contributed by atoms with Crippen LogP contribution in [0, 0.1) is 0 Å². The first-order chi connectivity index (χ1) is 6.88. The lowest BCUT2D eigenvalue weighted by Gasteiger charge is -2.15. The van der Waals surface area contributed by atoms with E-state index in [9.17, 15) is 9.90 Å². The van der Waals surface area contributed by atoms with E-state index in [1.807, 2.05) is 5.38 Å². The molecule has 0 saturated carbocycles. The predicted molar refractivity (Wildman–Crippen MR) is 62.9 cm³/mol. The molecule has 0 unspecified atom stereocenters. The second-order valence-electron chi connectivity index (χ2n) is 3.86. The Morgan fingerprint density at radius 2 is 2.27 bits per heavy atom. The Kier molecular flexibility index (Phi) is 4.19. The standard InChI is InChI=1S/C10H14O3S2/c1-10(2,13)3-4-14-7-5-8(9(11)12)15-6-7/h5-6,13H,3-4H2,1-2H3,(H,11,12). The van der Waals surface area contributed by atoms with E-state index in [2.05, 4.69) is 0 Å². The SMILES string of the molecule is CC(C)(O)CCSc1csc(C(=O)O)c1. The summed E-state index contributed by atoms with van der Waals surface area (Å²) in [4.78, 5) is 11.9. The van der Waals surface area contributed by atoms with Crippen LogP contribution in [-0.4, -0.2) is 27.5 Å². The number of thioether (sulfide) groups is 1. The van der Waals surface area contributed by atoms with Gasteiger partial charge in [0, 0.05) is 16.0 Å². The molecule has 0 aliphatic heterocycles. The van der Waals surface area contributed by atoms with Crippen LogP contribution < -0.4 is 0 Å². The van der Waals surface area contributed by atoms with Crippen molar-refractivity contribution in [2.24, 2.45) is 0 Å². The highest BCUT2D eigenvalue weighted by Gasteiger charge is 2.12. The Bertz CT molecular complexity index is 339. The van der Waals surface area contributed by atoms with E-state index in [0.29, 0.717) is 11.3 Å². The first kappa shape index (κ1) is 12.5. The van der Waals surface area contributed by atoms with Crippen LogP contribution in [0.2, 0.25) is 0 Å². The van der Waals surface area contributed by atoms with Crippen molar-refractivity contribution in [3.8, 4) is 0 Å². The van der Waals surface area contributed by atoms with Crippen molar-refractivity contribution in [1.82, 2.24) is 0 Å². The molecule has 0 amide bonds. The van der Waals surface area contributed by atoms with Crippen LogP contribution in [0.3, 0.4) is 0 Å². The van der Waals surface area contributed by atoms with E-state index >= 15 is 0 Å². The first-order valence-electron chi connectivity index (χ1n) is 4.55. The second-order valence-corrected chi connectivity index (χ2v) is 5.94. The van der Waals surface area contributed by atoms with Crippen molar-refractivity contribution in [3.63, 3.8) is 0 Å². The maximum absolute atomic E-state index is 10.6. The second kappa shape index (κ2) is 5.01. The number of rotatable bonds is 5. The molecular weight excluding hydrogens is 232 g/mol. The smallest absolute Gasteiger partial charge is 0.345 e. The summed E-state index contributed by atoms with van der Waals surface area (Å²) in [5.41, 5.74) is -0.654. The molecule has 84 valence electrons. The molecule has 1 rings (SSSR count).